The third-order valence-corrected chi connectivity index (χ3v) is 5.56. The number of nitrogens with zero attached hydrogens (tertiary/aromatic N) is 1. The van der Waals surface area contributed by atoms with E-state index in [2.05, 4.69) is 61.6 Å². The van der Waals surface area contributed by atoms with Crippen molar-refractivity contribution in [2.45, 2.75) is 25.9 Å². The molecule has 1 unspecified atom stereocenters. The summed E-state index contributed by atoms with van der Waals surface area (Å²) >= 11 is 0. The van der Waals surface area contributed by atoms with Crippen LogP contribution in [0.1, 0.15) is 18.1 Å². The molecule has 1 amide bonds. The zero-order chi connectivity index (χ0) is 18.1. The molecule has 4 rings (SSSR count). The van der Waals surface area contributed by atoms with Gasteiger partial charge in [0.05, 0.1) is 7.05 Å². The summed E-state index contributed by atoms with van der Waals surface area (Å²) in [6.45, 7) is 3.68. The van der Waals surface area contributed by atoms with Gasteiger partial charge in [-0.05, 0) is 41.8 Å². The molecule has 0 aliphatic carbocycles. The Bertz CT molecular complexity index is 950. The van der Waals surface area contributed by atoms with Gasteiger partial charge in [0.25, 0.3) is 5.91 Å². The molecular weight excluding hydrogens is 320 g/mol. The van der Waals surface area contributed by atoms with E-state index in [4.69, 9.17) is 0 Å². The second-order valence-corrected chi connectivity index (χ2v) is 7.29. The summed E-state index contributed by atoms with van der Waals surface area (Å²) in [6.07, 6.45) is 0.957. The number of carbonyl (C=O) groups is 1. The standard InChI is InChI=1S/C23H24N2O/c1-17(23(26)25-14-13-20-8-5-6-10-22(20)25)24(2)16-18-11-12-19-7-3-4-9-21(19)15-18/h3-12,15,17H,13-14,16H2,1-2H3/p+1/t17-/m0/s1. The van der Waals surface area contributed by atoms with Gasteiger partial charge in [0.15, 0.2) is 6.04 Å². The van der Waals surface area contributed by atoms with Gasteiger partial charge >= 0.3 is 0 Å². The number of fused-ring (bicyclic) bond motifs is 2. The Hall–Kier alpha value is -2.65. The lowest BCUT2D eigenvalue weighted by molar-refractivity contribution is -0.908. The van der Waals surface area contributed by atoms with E-state index >= 15 is 0 Å². The fraction of sp³-hybridized carbons (Fsp3) is 0.261. The number of quaternary nitrogens is 1. The summed E-state index contributed by atoms with van der Waals surface area (Å²) in [5.74, 6) is 0.216. The molecule has 1 N–H and O–H groups in total. The van der Waals surface area contributed by atoms with Gasteiger partial charge in [-0.1, -0.05) is 54.6 Å². The predicted octanol–water partition coefficient (Wildman–Crippen LogP) is 2.83. The lowest BCUT2D eigenvalue weighted by Gasteiger charge is -2.26. The van der Waals surface area contributed by atoms with Crippen molar-refractivity contribution in [3.05, 3.63) is 77.9 Å². The lowest BCUT2D eigenvalue weighted by Crippen LogP contribution is -3.12. The Morgan fingerprint density at radius 3 is 2.62 bits per heavy atom. The van der Waals surface area contributed by atoms with Crippen molar-refractivity contribution in [1.29, 1.82) is 0 Å². The molecule has 0 bridgehead atoms. The van der Waals surface area contributed by atoms with E-state index in [0.29, 0.717) is 0 Å². The fourth-order valence-corrected chi connectivity index (χ4v) is 3.84. The lowest BCUT2D eigenvalue weighted by atomic mass is 10.1. The van der Waals surface area contributed by atoms with Gasteiger partial charge < -0.3 is 9.80 Å². The molecule has 3 aromatic rings. The first-order valence-corrected chi connectivity index (χ1v) is 9.33. The number of hydrogen-bond acceptors (Lipinski definition) is 1. The monoisotopic (exact) mass is 345 g/mol. The van der Waals surface area contributed by atoms with Crippen molar-refractivity contribution in [2.75, 3.05) is 18.5 Å². The Morgan fingerprint density at radius 1 is 1.04 bits per heavy atom. The van der Waals surface area contributed by atoms with Crippen LogP contribution in [0.4, 0.5) is 5.69 Å². The SMILES string of the molecule is C[C@@H](C(=O)N1CCc2ccccc21)[NH+](C)Cc1ccc2ccccc2c1. The van der Waals surface area contributed by atoms with E-state index < -0.39 is 0 Å². The summed E-state index contributed by atoms with van der Waals surface area (Å²) in [5, 5.41) is 2.51. The highest BCUT2D eigenvalue weighted by molar-refractivity contribution is 5.97. The predicted molar refractivity (Wildman–Crippen MR) is 106 cm³/mol. The fourth-order valence-electron chi connectivity index (χ4n) is 3.84. The zero-order valence-corrected chi connectivity index (χ0v) is 15.4. The second-order valence-electron chi connectivity index (χ2n) is 7.29. The van der Waals surface area contributed by atoms with Crippen LogP contribution in [-0.2, 0) is 17.8 Å². The van der Waals surface area contributed by atoms with E-state index in [1.807, 2.05) is 24.0 Å². The Kier molecular flexibility index (Phi) is 4.48. The first-order chi connectivity index (χ1) is 12.6. The normalized spacial score (nSPS) is 15.7. The molecule has 132 valence electrons. The molecule has 2 atom stereocenters. The number of rotatable bonds is 4. The maximum Gasteiger partial charge on any atom is 0.284 e. The van der Waals surface area contributed by atoms with Crippen molar-refractivity contribution < 1.29 is 9.69 Å². The van der Waals surface area contributed by atoms with Crippen LogP contribution >= 0.6 is 0 Å². The maximum absolute atomic E-state index is 13.1. The third kappa shape index (κ3) is 3.11. The number of amides is 1. The number of likely N-dealkylation sites (N-methyl/N-ethyl adjacent to an activating group) is 1. The third-order valence-electron chi connectivity index (χ3n) is 5.56. The number of nitrogens with one attached hydrogen (secondary N) is 1. The summed E-state index contributed by atoms with van der Waals surface area (Å²) < 4.78 is 0. The molecule has 0 saturated carbocycles. The number of para-hydroxylation sites is 1. The Balaban J connectivity index is 1.48. The second kappa shape index (κ2) is 6.93. The van der Waals surface area contributed by atoms with Gasteiger partial charge in [-0.2, -0.15) is 0 Å². The minimum Gasteiger partial charge on any atom is -0.324 e. The molecule has 1 aliphatic rings. The van der Waals surface area contributed by atoms with E-state index in [0.717, 1.165) is 25.2 Å². The van der Waals surface area contributed by atoms with Gasteiger partial charge in [-0.25, -0.2) is 0 Å². The van der Waals surface area contributed by atoms with Crippen LogP contribution < -0.4 is 9.80 Å². The maximum atomic E-state index is 13.1. The van der Waals surface area contributed by atoms with Crippen molar-refractivity contribution >= 4 is 22.4 Å². The van der Waals surface area contributed by atoms with E-state index in [-0.39, 0.29) is 11.9 Å². The largest absolute Gasteiger partial charge is 0.324 e. The summed E-state index contributed by atoms with van der Waals surface area (Å²) in [5.41, 5.74) is 3.63. The topological polar surface area (TPSA) is 24.8 Å². The molecule has 0 spiro atoms. The molecule has 1 heterocycles. The van der Waals surface area contributed by atoms with Gasteiger partial charge in [-0.15, -0.1) is 0 Å². The molecule has 0 radical (unpaired) electrons. The van der Waals surface area contributed by atoms with Gasteiger partial charge in [0.1, 0.15) is 6.54 Å². The Labute approximate surface area is 154 Å². The average Bonchev–Trinajstić information content (AvgIpc) is 3.11. The minimum atomic E-state index is -0.0763. The van der Waals surface area contributed by atoms with Gasteiger partial charge in [-0.3, -0.25) is 4.79 Å². The molecule has 0 aromatic heterocycles. The minimum absolute atomic E-state index is 0.0763. The van der Waals surface area contributed by atoms with E-state index in [1.54, 1.807) is 0 Å². The van der Waals surface area contributed by atoms with Crippen LogP contribution in [0.5, 0.6) is 0 Å². The smallest absolute Gasteiger partial charge is 0.284 e. The van der Waals surface area contributed by atoms with Gasteiger partial charge in [0, 0.05) is 17.8 Å². The van der Waals surface area contributed by atoms with Gasteiger partial charge in [0.2, 0.25) is 0 Å². The summed E-state index contributed by atoms with van der Waals surface area (Å²) in [4.78, 5) is 16.2. The van der Waals surface area contributed by atoms with E-state index in [1.165, 1.54) is 26.8 Å². The molecule has 3 aromatic carbocycles. The molecule has 0 saturated heterocycles. The van der Waals surface area contributed by atoms with Crippen LogP contribution in [0.2, 0.25) is 0 Å². The first kappa shape index (κ1) is 16.8. The van der Waals surface area contributed by atoms with Crippen LogP contribution in [0.3, 0.4) is 0 Å². The Morgan fingerprint density at radius 2 is 1.77 bits per heavy atom. The molecule has 3 heteroatoms. The molecule has 0 fully saturated rings. The van der Waals surface area contributed by atoms with Crippen LogP contribution in [0, 0.1) is 0 Å². The van der Waals surface area contributed by atoms with E-state index in [9.17, 15) is 4.79 Å². The average molecular weight is 345 g/mol. The van der Waals surface area contributed by atoms with Crippen LogP contribution in [0.15, 0.2) is 66.7 Å². The molecule has 26 heavy (non-hydrogen) atoms. The van der Waals surface area contributed by atoms with Crippen LogP contribution in [0.25, 0.3) is 10.8 Å². The highest BCUT2D eigenvalue weighted by Gasteiger charge is 2.31. The zero-order valence-electron chi connectivity index (χ0n) is 15.4. The molecule has 1 aliphatic heterocycles. The quantitative estimate of drug-likeness (QED) is 0.773. The number of hydrogen-bond donors (Lipinski definition) is 1. The van der Waals surface area contributed by atoms with Crippen molar-refractivity contribution in [3.8, 4) is 0 Å². The van der Waals surface area contributed by atoms with Crippen molar-refractivity contribution in [2.24, 2.45) is 0 Å². The number of benzene rings is 3. The van der Waals surface area contributed by atoms with Crippen LogP contribution in [-0.4, -0.2) is 25.5 Å². The van der Waals surface area contributed by atoms with Crippen molar-refractivity contribution in [3.63, 3.8) is 0 Å². The molecular formula is C23H25N2O+. The first-order valence-electron chi connectivity index (χ1n) is 9.33. The highest BCUT2D eigenvalue weighted by Crippen LogP contribution is 2.27. The number of carbonyl (C=O) groups excluding carboxylic acids is 1. The summed E-state index contributed by atoms with van der Waals surface area (Å²) in [6, 6.07) is 23.2. The summed E-state index contributed by atoms with van der Waals surface area (Å²) in [7, 11) is 2.11. The highest BCUT2D eigenvalue weighted by atomic mass is 16.2. The molecule has 3 nitrogen and oxygen atoms in total. The number of anilines is 1. The van der Waals surface area contributed by atoms with Crippen molar-refractivity contribution in [1.82, 2.24) is 0 Å².